The summed E-state index contributed by atoms with van der Waals surface area (Å²) < 4.78 is 60.7. The lowest BCUT2D eigenvalue weighted by Crippen LogP contribution is -2.80. The van der Waals surface area contributed by atoms with Crippen molar-refractivity contribution in [1.29, 1.82) is 0 Å². The second-order valence-electron chi connectivity index (χ2n) is 18.5. The minimum Gasteiger partial charge on any atom is -0.456 e. The Morgan fingerprint density at radius 3 is 2.03 bits per heavy atom. The molecule has 1 N–H and O–H groups in total. The zero-order chi connectivity index (χ0) is 45.6. The number of ketones is 1. The molecule has 2 saturated carbocycles. The number of nitrogens with zero attached hydrogens (tertiary/aromatic N) is 1. The molecule has 0 amide bonds. The van der Waals surface area contributed by atoms with Gasteiger partial charge in [0, 0.05) is 31.1 Å². The fraction of sp³-hybridized carbons (Fsp3) is 0.479. The Labute approximate surface area is 366 Å². The van der Waals surface area contributed by atoms with Gasteiger partial charge in [-0.05, 0) is 67.2 Å². The molecule has 63 heavy (non-hydrogen) atoms. The average molecular weight is 884 g/mol. The van der Waals surface area contributed by atoms with Crippen molar-refractivity contribution in [3.63, 3.8) is 0 Å². The predicted octanol–water partition coefficient (Wildman–Crippen LogP) is 5.60. The zero-order valence-electron chi connectivity index (χ0n) is 36.5. The molecule has 15 heteroatoms. The Morgan fingerprint density at radius 2 is 1.46 bits per heavy atom. The molecular weight excluding hydrogens is 831 g/mol. The van der Waals surface area contributed by atoms with E-state index in [-0.39, 0.29) is 29.1 Å². The number of aliphatic hydroxyl groups is 1. The number of aryl methyl sites for hydroxylation is 1. The van der Waals surface area contributed by atoms with Gasteiger partial charge in [-0.1, -0.05) is 93.9 Å². The maximum atomic E-state index is 15.7. The molecule has 0 spiro atoms. The van der Waals surface area contributed by atoms with E-state index in [0.717, 1.165) is 16.8 Å². The molecule has 14 nitrogen and oxygen atoms in total. The number of Topliss-reactive ketones (excluding diaryl/α,β-unsaturated/α-hetero) is 1. The second-order valence-corrected chi connectivity index (χ2v) is 20.4. The number of ether oxygens (including phenoxy) is 5. The summed E-state index contributed by atoms with van der Waals surface area (Å²) in [4.78, 5) is 70.9. The summed E-state index contributed by atoms with van der Waals surface area (Å²) in [5, 5.41) is 13.8. The summed E-state index contributed by atoms with van der Waals surface area (Å²) in [7, 11) is -4.25. The first kappa shape index (κ1) is 44.4. The first-order valence-corrected chi connectivity index (χ1v) is 22.6. The van der Waals surface area contributed by atoms with Crippen molar-refractivity contribution in [2.24, 2.45) is 22.7 Å². The third-order valence-electron chi connectivity index (χ3n) is 14.6. The number of hydrogen-bond donors (Lipinski definition) is 1. The number of esters is 4. The van der Waals surface area contributed by atoms with Gasteiger partial charge in [0.1, 0.15) is 30.0 Å². The van der Waals surface area contributed by atoms with E-state index in [1.54, 1.807) is 88.4 Å². The van der Waals surface area contributed by atoms with Gasteiger partial charge in [-0.2, -0.15) is 4.31 Å². The maximum Gasteiger partial charge on any atom is 0.338 e. The van der Waals surface area contributed by atoms with Crippen LogP contribution < -0.4 is 0 Å². The molecule has 4 fully saturated rings. The SMILES string of the molecule is CC(=O)O[C@H]1C(=O)[C@@]2(C)[C@H]([C@H](OC(=O)c3ccccc3)[C@]3(O)C[C@H](OC(=O)C4C(c5ccccc5)N4S(=O)(=O)c4ccc(C)cc4)C(C)=C1C3(C)C)[C@]1(OC(C)=O)CO[C@@H]1C[C@@H]2C. The molecule has 2 bridgehead atoms. The van der Waals surface area contributed by atoms with Gasteiger partial charge >= 0.3 is 23.9 Å². The third kappa shape index (κ3) is 6.84. The van der Waals surface area contributed by atoms with E-state index in [1.165, 1.54) is 31.2 Å². The lowest BCUT2D eigenvalue weighted by atomic mass is 9.43. The van der Waals surface area contributed by atoms with Gasteiger partial charge in [0.15, 0.2) is 17.5 Å². The van der Waals surface area contributed by atoms with Crippen molar-refractivity contribution < 1.29 is 61.2 Å². The summed E-state index contributed by atoms with van der Waals surface area (Å²) in [5.74, 6) is -5.72. The molecule has 2 heterocycles. The number of benzene rings is 3. The molecule has 3 unspecified atom stereocenters. The van der Waals surface area contributed by atoms with Crippen molar-refractivity contribution in [2.75, 3.05) is 6.61 Å². The molecule has 3 aromatic carbocycles. The quantitative estimate of drug-likeness (QED) is 0.121. The molecule has 334 valence electrons. The summed E-state index contributed by atoms with van der Waals surface area (Å²) in [6.45, 7) is 12.4. The van der Waals surface area contributed by atoms with E-state index in [2.05, 4.69) is 0 Å². The highest BCUT2D eigenvalue weighted by Crippen LogP contribution is 2.66. The first-order chi connectivity index (χ1) is 29.6. The number of hydrogen-bond acceptors (Lipinski definition) is 13. The van der Waals surface area contributed by atoms with Gasteiger partial charge in [0.25, 0.3) is 0 Å². The van der Waals surface area contributed by atoms with Gasteiger partial charge in [-0.3, -0.25) is 19.2 Å². The van der Waals surface area contributed by atoms with E-state index in [4.69, 9.17) is 23.7 Å². The molecule has 3 aromatic rings. The van der Waals surface area contributed by atoms with Crippen molar-refractivity contribution in [1.82, 2.24) is 4.31 Å². The normalized spacial score (nSPS) is 35.3. The van der Waals surface area contributed by atoms with Gasteiger partial charge in [-0.25, -0.2) is 13.2 Å². The van der Waals surface area contributed by atoms with E-state index >= 15 is 4.79 Å². The molecule has 2 saturated heterocycles. The molecule has 0 aromatic heterocycles. The van der Waals surface area contributed by atoms with Crippen LogP contribution in [0.25, 0.3) is 0 Å². The largest absolute Gasteiger partial charge is 0.456 e. The molecular formula is C48H53NO13S. The van der Waals surface area contributed by atoms with Crippen LogP contribution in [-0.2, 0) is 52.9 Å². The lowest BCUT2D eigenvalue weighted by molar-refractivity contribution is -0.340. The zero-order valence-corrected chi connectivity index (χ0v) is 37.3. The molecule has 8 rings (SSSR count). The number of rotatable bonds is 9. The Bertz CT molecular complexity index is 2510. The van der Waals surface area contributed by atoms with E-state index < -0.39 is 116 Å². The second kappa shape index (κ2) is 15.5. The Hall–Kier alpha value is -5.22. The van der Waals surface area contributed by atoms with E-state index in [1.807, 2.05) is 13.8 Å². The Kier molecular flexibility index (Phi) is 10.9. The van der Waals surface area contributed by atoms with Gasteiger partial charge < -0.3 is 28.8 Å². The maximum absolute atomic E-state index is 15.7. The fourth-order valence-electron chi connectivity index (χ4n) is 11.1. The van der Waals surface area contributed by atoms with Crippen molar-refractivity contribution >= 4 is 39.7 Å². The predicted molar refractivity (Wildman–Crippen MR) is 225 cm³/mol. The average Bonchev–Trinajstić information content (AvgIpc) is 4.00. The van der Waals surface area contributed by atoms with Crippen LogP contribution >= 0.6 is 0 Å². The first-order valence-electron chi connectivity index (χ1n) is 21.2. The Morgan fingerprint density at radius 1 is 0.841 bits per heavy atom. The van der Waals surface area contributed by atoms with Crippen LogP contribution in [0.2, 0.25) is 0 Å². The minimum absolute atomic E-state index is 0.0193. The number of fused-ring (bicyclic) bond motifs is 5. The molecule has 12 atom stereocenters. The van der Waals surface area contributed by atoms with Crippen molar-refractivity contribution in [2.45, 2.75) is 121 Å². The van der Waals surface area contributed by atoms with Crippen LogP contribution in [0.4, 0.5) is 0 Å². The smallest absolute Gasteiger partial charge is 0.338 e. The highest BCUT2D eigenvalue weighted by atomic mass is 32.2. The van der Waals surface area contributed by atoms with Crippen LogP contribution in [0.15, 0.2) is 101 Å². The number of carbonyl (C=O) groups excluding carboxylic acids is 5. The fourth-order valence-corrected chi connectivity index (χ4v) is 12.8. The topological polar surface area (TPSA) is 189 Å². The van der Waals surface area contributed by atoms with E-state index in [0.29, 0.717) is 11.1 Å². The van der Waals surface area contributed by atoms with Crippen molar-refractivity contribution in [3.05, 3.63) is 113 Å². The minimum atomic E-state index is -4.25. The summed E-state index contributed by atoms with van der Waals surface area (Å²) in [6, 6.07) is 20.8. The highest BCUT2D eigenvalue weighted by molar-refractivity contribution is 7.89. The summed E-state index contributed by atoms with van der Waals surface area (Å²) >= 11 is 0. The van der Waals surface area contributed by atoms with Crippen LogP contribution in [0.5, 0.6) is 0 Å². The standard InChI is InChI=1S/C48H53NO13S/c1-26-19-21-33(22-20-26)63(56,57)49-37(31-15-11-9-12-16-31)38(49)44(54)60-34-24-48(55)42(61-43(53)32-17-13-10-14-18-32)40-46(8,27(2)23-35-47(40,25-58-35)62-30(5)51)41(52)39(59-29(4)50)36(28(34)3)45(48,6)7/h9-22,27,34-35,37-40,42,55H,23-25H2,1-8H3/t27-,34-,35+,37?,38?,39+,40-,42-,46+,47-,48+,49?/m0/s1. The van der Waals surface area contributed by atoms with Gasteiger partial charge in [0.05, 0.1) is 29.0 Å². The van der Waals surface area contributed by atoms with Gasteiger partial charge in [0.2, 0.25) is 10.0 Å². The number of sulfonamides is 1. The highest BCUT2D eigenvalue weighted by Gasteiger charge is 2.78. The Balaban J connectivity index is 1.30. The summed E-state index contributed by atoms with van der Waals surface area (Å²) in [6.07, 6.45) is -5.62. The third-order valence-corrected chi connectivity index (χ3v) is 16.5. The van der Waals surface area contributed by atoms with Crippen molar-refractivity contribution in [3.8, 4) is 0 Å². The molecule has 2 aliphatic heterocycles. The summed E-state index contributed by atoms with van der Waals surface area (Å²) in [5.41, 5.74) is -5.08. The molecule has 0 radical (unpaired) electrons. The lowest BCUT2D eigenvalue weighted by Gasteiger charge is -2.68. The van der Waals surface area contributed by atoms with Crippen LogP contribution in [-0.4, -0.2) is 95.8 Å². The van der Waals surface area contributed by atoms with Crippen LogP contribution in [0.3, 0.4) is 0 Å². The monoisotopic (exact) mass is 883 g/mol. The van der Waals surface area contributed by atoms with Crippen LogP contribution in [0, 0.1) is 29.6 Å². The van der Waals surface area contributed by atoms with Gasteiger partial charge in [-0.15, -0.1) is 0 Å². The molecule has 5 aliphatic rings. The van der Waals surface area contributed by atoms with E-state index in [9.17, 15) is 32.7 Å². The number of carbonyl (C=O) groups is 5. The van der Waals surface area contributed by atoms with Crippen LogP contribution in [0.1, 0.15) is 88.8 Å². The molecule has 3 aliphatic carbocycles.